The largest absolute Gasteiger partial charge is 0.309 e. The van der Waals surface area contributed by atoms with Crippen LogP contribution in [0.2, 0.25) is 0 Å². The fourth-order valence-corrected chi connectivity index (χ4v) is 4.79. The highest BCUT2D eigenvalue weighted by atomic mass is 17.2. The number of hydrogen-bond donors (Lipinski definition) is 0. The van der Waals surface area contributed by atoms with Crippen LogP contribution in [0.3, 0.4) is 0 Å². The lowest BCUT2D eigenvalue weighted by molar-refractivity contribution is -0.318. The molecule has 0 aliphatic carbocycles. The summed E-state index contributed by atoms with van der Waals surface area (Å²) < 4.78 is 0. The van der Waals surface area contributed by atoms with Crippen LogP contribution in [0.5, 0.6) is 0 Å². The SMILES string of the molecule is CCC=C=C/C=C\CCCCC(OOCCCCCN(C)C)/C(=C/CCCCCCC)CCC/C=C/CCCCC. The molecule has 0 heterocycles. The van der Waals surface area contributed by atoms with E-state index < -0.39 is 0 Å². The third-order valence-electron chi connectivity index (χ3n) is 7.36. The molecule has 0 amide bonds. The Bertz CT molecular complexity index is 684. The van der Waals surface area contributed by atoms with Crippen molar-refractivity contribution in [2.75, 3.05) is 27.2 Å². The highest BCUT2D eigenvalue weighted by molar-refractivity contribution is 5.09. The van der Waals surface area contributed by atoms with Crippen LogP contribution in [-0.4, -0.2) is 38.3 Å². The molecule has 1 unspecified atom stereocenters. The Kier molecular flexibility index (Phi) is 32.0. The summed E-state index contributed by atoms with van der Waals surface area (Å²) in [6.45, 7) is 8.53. The van der Waals surface area contributed by atoms with Gasteiger partial charge in [0.15, 0.2) is 0 Å². The predicted octanol–water partition coefficient (Wildman–Crippen LogP) is 11.9. The van der Waals surface area contributed by atoms with Gasteiger partial charge in [-0.1, -0.05) is 96.1 Å². The quantitative estimate of drug-likeness (QED) is 0.0214. The third-order valence-corrected chi connectivity index (χ3v) is 7.36. The molecular formula is C38H69NO2. The molecule has 3 nitrogen and oxygen atoms in total. The molecule has 0 saturated carbocycles. The topological polar surface area (TPSA) is 21.7 Å². The number of allylic oxidation sites excluding steroid dienone is 6. The molecule has 41 heavy (non-hydrogen) atoms. The highest BCUT2D eigenvalue weighted by Gasteiger charge is 2.16. The van der Waals surface area contributed by atoms with Crippen molar-refractivity contribution < 1.29 is 9.78 Å². The third kappa shape index (κ3) is 29.9. The fourth-order valence-electron chi connectivity index (χ4n) is 4.79. The molecule has 0 spiro atoms. The van der Waals surface area contributed by atoms with Gasteiger partial charge in [-0.05, 0) is 128 Å². The lowest BCUT2D eigenvalue weighted by Gasteiger charge is -2.21. The number of nitrogens with zero attached hydrogens (tertiary/aromatic N) is 1. The maximum atomic E-state index is 6.19. The standard InChI is InChI=1S/C38H69NO2/c1-6-9-12-15-18-20-22-25-29-34-38(41-40-36-31-26-30-35-39(4)5)37(32-27-23-17-14-11-8-3)33-28-24-21-19-16-13-10-7-2/h9,15,18-21,32,38H,6-8,10-11,13-14,16-17,22-31,33-36H2,1-5H3/b20-18-,21-19+,37-32+. The first-order valence-electron chi connectivity index (χ1n) is 17.5. The zero-order valence-corrected chi connectivity index (χ0v) is 28.1. The predicted molar refractivity (Wildman–Crippen MR) is 182 cm³/mol. The maximum absolute atomic E-state index is 6.19. The van der Waals surface area contributed by atoms with Crippen LogP contribution >= 0.6 is 0 Å². The molecule has 0 aromatic heterocycles. The molecule has 0 aromatic carbocycles. The lowest BCUT2D eigenvalue weighted by Crippen LogP contribution is -2.18. The van der Waals surface area contributed by atoms with Crippen LogP contribution in [0.4, 0.5) is 0 Å². The van der Waals surface area contributed by atoms with Crippen molar-refractivity contribution in [3.8, 4) is 0 Å². The summed E-state index contributed by atoms with van der Waals surface area (Å²) in [7, 11) is 4.28. The van der Waals surface area contributed by atoms with Gasteiger partial charge in [0.05, 0.1) is 6.61 Å². The summed E-state index contributed by atoms with van der Waals surface area (Å²) in [5.41, 5.74) is 4.66. The summed E-state index contributed by atoms with van der Waals surface area (Å²) >= 11 is 0. The van der Waals surface area contributed by atoms with Crippen molar-refractivity contribution in [2.24, 2.45) is 0 Å². The molecule has 3 heteroatoms. The number of hydrogen-bond acceptors (Lipinski definition) is 3. The molecule has 0 fully saturated rings. The Hall–Kier alpha value is -1.38. The summed E-state index contributed by atoms with van der Waals surface area (Å²) in [6.07, 6.45) is 41.2. The van der Waals surface area contributed by atoms with E-state index in [1.807, 2.05) is 6.08 Å². The minimum Gasteiger partial charge on any atom is -0.309 e. The monoisotopic (exact) mass is 572 g/mol. The molecule has 1 atom stereocenters. The van der Waals surface area contributed by atoms with Gasteiger partial charge in [0, 0.05) is 0 Å². The van der Waals surface area contributed by atoms with Gasteiger partial charge in [-0.25, -0.2) is 9.78 Å². The van der Waals surface area contributed by atoms with E-state index in [-0.39, 0.29) is 6.10 Å². The van der Waals surface area contributed by atoms with E-state index in [1.165, 1.54) is 89.0 Å². The Morgan fingerprint density at radius 3 is 2.12 bits per heavy atom. The van der Waals surface area contributed by atoms with E-state index >= 15 is 0 Å². The number of rotatable bonds is 30. The lowest BCUT2D eigenvalue weighted by atomic mass is 9.96. The van der Waals surface area contributed by atoms with Crippen LogP contribution in [0.15, 0.2) is 53.8 Å². The van der Waals surface area contributed by atoms with E-state index in [1.54, 1.807) is 0 Å². The van der Waals surface area contributed by atoms with E-state index in [9.17, 15) is 0 Å². The Morgan fingerprint density at radius 1 is 0.707 bits per heavy atom. The van der Waals surface area contributed by atoms with E-state index in [0.29, 0.717) is 6.61 Å². The molecule has 0 rings (SSSR count). The molecule has 0 aliphatic rings. The second-order valence-corrected chi connectivity index (χ2v) is 11.8. The van der Waals surface area contributed by atoms with Crippen LogP contribution in [0, 0.1) is 0 Å². The van der Waals surface area contributed by atoms with Crippen LogP contribution in [0.25, 0.3) is 0 Å². The molecule has 0 aliphatic heterocycles. The van der Waals surface area contributed by atoms with Crippen molar-refractivity contribution in [3.05, 3.63) is 53.8 Å². The van der Waals surface area contributed by atoms with E-state index in [0.717, 1.165) is 57.9 Å². The maximum Gasteiger partial charge on any atom is 0.114 e. The van der Waals surface area contributed by atoms with Gasteiger partial charge in [-0.3, -0.25) is 0 Å². The average Bonchev–Trinajstić information content (AvgIpc) is 2.96. The second kappa shape index (κ2) is 33.1. The smallest absolute Gasteiger partial charge is 0.114 e. The van der Waals surface area contributed by atoms with Crippen LogP contribution in [-0.2, 0) is 9.78 Å². The summed E-state index contributed by atoms with van der Waals surface area (Å²) in [5.74, 6) is 0. The molecular weight excluding hydrogens is 502 g/mol. The second-order valence-electron chi connectivity index (χ2n) is 11.8. The molecule has 238 valence electrons. The van der Waals surface area contributed by atoms with Gasteiger partial charge in [-0.15, -0.1) is 5.73 Å². The summed E-state index contributed by atoms with van der Waals surface area (Å²) in [4.78, 5) is 14.3. The highest BCUT2D eigenvalue weighted by Crippen LogP contribution is 2.23. The van der Waals surface area contributed by atoms with Gasteiger partial charge in [-0.2, -0.15) is 0 Å². The molecule has 0 aromatic rings. The number of unbranched alkanes of at least 4 members (excludes halogenated alkanes) is 13. The van der Waals surface area contributed by atoms with Gasteiger partial charge < -0.3 is 4.90 Å². The summed E-state index contributed by atoms with van der Waals surface area (Å²) in [5, 5.41) is 0. The fraction of sp³-hybridized carbons (Fsp3) is 0.763. The zero-order valence-electron chi connectivity index (χ0n) is 28.1. The molecule has 0 N–H and O–H groups in total. The van der Waals surface area contributed by atoms with Crippen molar-refractivity contribution in [3.63, 3.8) is 0 Å². The summed E-state index contributed by atoms with van der Waals surface area (Å²) in [6, 6.07) is 0. The first kappa shape index (κ1) is 39.6. The first-order chi connectivity index (χ1) is 20.2. The Balaban J connectivity index is 5.03. The minimum atomic E-state index is 0.0808. The normalized spacial score (nSPS) is 13.0. The average molecular weight is 572 g/mol. The van der Waals surface area contributed by atoms with Crippen molar-refractivity contribution in [2.45, 2.75) is 162 Å². The van der Waals surface area contributed by atoms with Gasteiger partial charge >= 0.3 is 0 Å². The van der Waals surface area contributed by atoms with Crippen LogP contribution in [0.1, 0.15) is 156 Å². The Labute approximate surface area is 257 Å². The van der Waals surface area contributed by atoms with E-state index in [4.69, 9.17) is 9.78 Å². The van der Waals surface area contributed by atoms with Crippen molar-refractivity contribution >= 4 is 0 Å². The molecule has 0 radical (unpaired) electrons. The van der Waals surface area contributed by atoms with Crippen molar-refractivity contribution in [1.82, 2.24) is 4.90 Å². The van der Waals surface area contributed by atoms with Crippen molar-refractivity contribution in [1.29, 1.82) is 0 Å². The van der Waals surface area contributed by atoms with E-state index in [2.05, 4.69) is 82.0 Å². The van der Waals surface area contributed by atoms with Gasteiger partial charge in [0.2, 0.25) is 0 Å². The Morgan fingerprint density at radius 2 is 1.37 bits per heavy atom. The minimum absolute atomic E-state index is 0.0808. The first-order valence-corrected chi connectivity index (χ1v) is 17.5. The van der Waals surface area contributed by atoms with Gasteiger partial charge in [0.1, 0.15) is 6.10 Å². The molecule has 0 saturated heterocycles. The van der Waals surface area contributed by atoms with Crippen LogP contribution < -0.4 is 0 Å². The zero-order chi connectivity index (χ0) is 30.1. The molecule has 0 bridgehead atoms. The van der Waals surface area contributed by atoms with Gasteiger partial charge in [0.25, 0.3) is 0 Å².